The molecule has 11 heteroatoms. The number of amides is 1. The van der Waals surface area contributed by atoms with Gasteiger partial charge in [0.15, 0.2) is 0 Å². The van der Waals surface area contributed by atoms with Gasteiger partial charge in [-0.25, -0.2) is 0 Å². The summed E-state index contributed by atoms with van der Waals surface area (Å²) in [6, 6.07) is 1.43. The topological polar surface area (TPSA) is 72.2 Å². The lowest BCUT2D eigenvalue weighted by Crippen LogP contribution is -2.34. The lowest BCUT2D eigenvalue weighted by atomic mass is 10.1. The van der Waals surface area contributed by atoms with Crippen molar-refractivity contribution in [3.05, 3.63) is 39.4 Å². The van der Waals surface area contributed by atoms with Gasteiger partial charge >= 0.3 is 12.4 Å². The number of nitro benzene ring substituents is 1. The summed E-state index contributed by atoms with van der Waals surface area (Å²) in [6.45, 7) is -1.64. The van der Waals surface area contributed by atoms with Gasteiger partial charge in [0.05, 0.1) is 16.9 Å². The molecular formula is C11H8F6N2O3. The SMILES string of the molecule is O=C(Cc1ccc(C(F)(F)F)cc1[N+](=O)[O-])NCC(F)(F)F. The second kappa shape index (κ2) is 6.20. The fourth-order valence-corrected chi connectivity index (χ4v) is 1.49. The van der Waals surface area contributed by atoms with Gasteiger partial charge < -0.3 is 5.32 Å². The molecule has 1 rings (SSSR count). The molecule has 0 atom stereocenters. The van der Waals surface area contributed by atoms with Crippen LogP contribution in [0.1, 0.15) is 11.1 Å². The van der Waals surface area contributed by atoms with Gasteiger partial charge in [-0.05, 0) is 6.07 Å². The standard InChI is InChI=1S/C11H8F6N2O3/c12-10(13,14)5-18-9(20)3-6-1-2-7(11(15,16)17)4-8(6)19(21)22/h1-2,4H,3,5H2,(H,18,20). The highest BCUT2D eigenvalue weighted by Gasteiger charge is 2.33. The molecule has 1 aromatic rings. The number of hydrogen-bond donors (Lipinski definition) is 1. The van der Waals surface area contributed by atoms with E-state index in [1.807, 2.05) is 0 Å². The Morgan fingerprint density at radius 1 is 1.18 bits per heavy atom. The molecule has 0 aliphatic heterocycles. The van der Waals surface area contributed by atoms with Gasteiger partial charge in [0.2, 0.25) is 5.91 Å². The van der Waals surface area contributed by atoms with E-state index in [1.54, 1.807) is 0 Å². The largest absolute Gasteiger partial charge is 0.416 e. The van der Waals surface area contributed by atoms with Crippen molar-refractivity contribution >= 4 is 11.6 Å². The molecule has 0 saturated heterocycles. The van der Waals surface area contributed by atoms with Crippen LogP contribution in [0.3, 0.4) is 0 Å². The molecule has 1 N–H and O–H groups in total. The molecule has 0 fully saturated rings. The van der Waals surface area contributed by atoms with Crippen molar-refractivity contribution in [1.82, 2.24) is 5.32 Å². The Morgan fingerprint density at radius 2 is 1.77 bits per heavy atom. The third kappa shape index (κ3) is 5.22. The Kier molecular flexibility index (Phi) is 4.99. The summed E-state index contributed by atoms with van der Waals surface area (Å²) in [5.41, 5.74) is -2.70. The summed E-state index contributed by atoms with van der Waals surface area (Å²) in [6.07, 6.45) is -10.3. The van der Waals surface area contributed by atoms with E-state index < -0.39 is 53.0 Å². The summed E-state index contributed by atoms with van der Waals surface area (Å²) in [5, 5.41) is 12.2. The predicted octanol–water partition coefficient (Wildman–Crippen LogP) is 2.83. The highest BCUT2D eigenvalue weighted by Crippen LogP contribution is 2.33. The quantitative estimate of drug-likeness (QED) is 0.524. The van der Waals surface area contributed by atoms with Crippen LogP contribution in [-0.2, 0) is 17.4 Å². The maximum atomic E-state index is 12.5. The van der Waals surface area contributed by atoms with Gasteiger partial charge in [-0.1, -0.05) is 6.07 Å². The van der Waals surface area contributed by atoms with Gasteiger partial charge in [-0.15, -0.1) is 0 Å². The Labute approximate surface area is 119 Å². The molecule has 0 bridgehead atoms. The van der Waals surface area contributed by atoms with Crippen molar-refractivity contribution in [1.29, 1.82) is 0 Å². The van der Waals surface area contributed by atoms with Crippen LogP contribution in [0.5, 0.6) is 0 Å². The number of rotatable bonds is 4. The lowest BCUT2D eigenvalue weighted by molar-refractivity contribution is -0.385. The highest BCUT2D eigenvalue weighted by atomic mass is 19.4. The molecule has 0 unspecified atom stereocenters. The van der Waals surface area contributed by atoms with Crippen molar-refractivity contribution in [2.24, 2.45) is 0 Å². The van der Waals surface area contributed by atoms with E-state index in [0.717, 1.165) is 0 Å². The van der Waals surface area contributed by atoms with Gasteiger partial charge in [0.1, 0.15) is 6.54 Å². The summed E-state index contributed by atoms with van der Waals surface area (Å²) in [4.78, 5) is 20.8. The van der Waals surface area contributed by atoms with Gasteiger partial charge in [-0.3, -0.25) is 14.9 Å². The fraction of sp³-hybridized carbons (Fsp3) is 0.364. The van der Waals surface area contributed by atoms with Crippen molar-refractivity contribution in [3.63, 3.8) is 0 Å². The first-order valence-corrected chi connectivity index (χ1v) is 5.58. The van der Waals surface area contributed by atoms with Crippen LogP contribution in [0.15, 0.2) is 18.2 Å². The van der Waals surface area contributed by atoms with E-state index in [0.29, 0.717) is 12.1 Å². The Bertz CT molecular complexity index is 582. The fourth-order valence-electron chi connectivity index (χ4n) is 1.49. The van der Waals surface area contributed by atoms with Gasteiger partial charge in [0, 0.05) is 11.6 Å². The zero-order valence-electron chi connectivity index (χ0n) is 10.6. The molecule has 0 radical (unpaired) electrons. The number of nitro groups is 1. The average Bonchev–Trinajstić information content (AvgIpc) is 2.34. The minimum absolute atomic E-state index is 0.229. The number of alkyl halides is 6. The van der Waals surface area contributed by atoms with E-state index >= 15 is 0 Å². The number of benzene rings is 1. The number of carbonyl (C=O) groups is 1. The van der Waals surface area contributed by atoms with E-state index in [2.05, 4.69) is 0 Å². The van der Waals surface area contributed by atoms with Crippen molar-refractivity contribution in [2.45, 2.75) is 18.8 Å². The number of halogens is 6. The van der Waals surface area contributed by atoms with Crippen LogP contribution < -0.4 is 5.32 Å². The van der Waals surface area contributed by atoms with E-state index in [1.165, 1.54) is 5.32 Å². The average molecular weight is 330 g/mol. The minimum atomic E-state index is -4.82. The first kappa shape index (κ1) is 17.7. The van der Waals surface area contributed by atoms with Gasteiger partial charge in [0.25, 0.3) is 5.69 Å². The van der Waals surface area contributed by atoms with E-state index in [4.69, 9.17) is 0 Å². The number of nitrogens with zero attached hydrogens (tertiary/aromatic N) is 1. The molecule has 1 aromatic carbocycles. The molecule has 1 amide bonds. The first-order valence-electron chi connectivity index (χ1n) is 5.58. The zero-order chi connectivity index (χ0) is 17.1. The van der Waals surface area contributed by atoms with Crippen molar-refractivity contribution < 1.29 is 36.1 Å². The lowest BCUT2D eigenvalue weighted by Gasteiger charge is -2.10. The van der Waals surface area contributed by atoms with E-state index in [-0.39, 0.29) is 6.07 Å². The van der Waals surface area contributed by atoms with Crippen LogP contribution in [-0.4, -0.2) is 23.6 Å². The molecular weight excluding hydrogens is 322 g/mol. The number of hydrogen-bond acceptors (Lipinski definition) is 3. The highest BCUT2D eigenvalue weighted by molar-refractivity contribution is 5.79. The van der Waals surface area contributed by atoms with Crippen LogP contribution in [0.4, 0.5) is 32.0 Å². The normalized spacial score (nSPS) is 12.1. The molecule has 0 saturated carbocycles. The smallest absolute Gasteiger partial charge is 0.347 e. The summed E-state index contributed by atoms with van der Waals surface area (Å²) >= 11 is 0. The molecule has 0 heterocycles. The Hall–Kier alpha value is -2.33. The maximum Gasteiger partial charge on any atom is 0.416 e. The summed E-state index contributed by atoms with van der Waals surface area (Å²) in [5.74, 6) is -1.19. The van der Waals surface area contributed by atoms with Crippen molar-refractivity contribution in [3.8, 4) is 0 Å². The molecule has 22 heavy (non-hydrogen) atoms. The number of carbonyl (C=O) groups excluding carboxylic acids is 1. The molecule has 0 spiro atoms. The summed E-state index contributed by atoms with van der Waals surface area (Å²) < 4.78 is 73.0. The molecule has 0 aromatic heterocycles. The molecule has 0 aliphatic rings. The van der Waals surface area contributed by atoms with Crippen molar-refractivity contribution in [2.75, 3.05) is 6.54 Å². The molecule has 5 nitrogen and oxygen atoms in total. The second-order valence-electron chi connectivity index (χ2n) is 4.17. The van der Waals surface area contributed by atoms with Crippen LogP contribution in [0, 0.1) is 10.1 Å². The monoisotopic (exact) mass is 330 g/mol. The van der Waals surface area contributed by atoms with Gasteiger partial charge in [-0.2, -0.15) is 26.3 Å². The van der Waals surface area contributed by atoms with E-state index in [9.17, 15) is 41.3 Å². The Morgan fingerprint density at radius 3 is 2.23 bits per heavy atom. The third-order valence-corrected chi connectivity index (χ3v) is 2.45. The summed E-state index contributed by atoms with van der Waals surface area (Å²) in [7, 11) is 0. The molecule has 0 aliphatic carbocycles. The van der Waals surface area contributed by atoms with Crippen LogP contribution in [0.25, 0.3) is 0 Å². The predicted molar refractivity (Wildman–Crippen MR) is 60.9 cm³/mol. The Balaban J connectivity index is 2.95. The number of nitrogens with one attached hydrogen (secondary N) is 1. The minimum Gasteiger partial charge on any atom is -0.347 e. The second-order valence-corrected chi connectivity index (χ2v) is 4.17. The molecule has 122 valence electrons. The maximum absolute atomic E-state index is 12.5. The van der Waals surface area contributed by atoms with Crippen LogP contribution in [0.2, 0.25) is 0 Å². The first-order chi connectivity index (χ1) is 9.90. The zero-order valence-corrected chi connectivity index (χ0v) is 10.6. The van der Waals surface area contributed by atoms with Crippen LogP contribution >= 0.6 is 0 Å². The third-order valence-electron chi connectivity index (χ3n) is 2.45.